The topological polar surface area (TPSA) is 63.4 Å². The predicted molar refractivity (Wildman–Crippen MR) is 77.2 cm³/mol. The van der Waals surface area contributed by atoms with Crippen LogP contribution in [0, 0.1) is 5.92 Å². The molecule has 18 heavy (non-hydrogen) atoms. The summed E-state index contributed by atoms with van der Waals surface area (Å²) in [5, 5.41) is 1.79. The number of sulfonamides is 1. The van der Waals surface area contributed by atoms with Gasteiger partial charge >= 0.3 is 0 Å². The van der Waals surface area contributed by atoms with Crippen molar-refractivity contribution in [2.45, 2.75) is 23.5 Å². The number of nitrogens with two attached hydrogens (primary N) is 1. The lowest BCUT2D eigenvalue weighted by Gasteiger charge is -2.30. The zero-order chi connectivity index (χ0) is 13.2. The van der Waals surface area contributed by atoms with Crippen LogP contribution in [0.2, 0.25) is 0 Å². The zero-order valence-electron chi connectivity index (χ0n) is 10.0. The van der Waals surface area contributed by atoms with Crippen molar-refractivity contribution in [3.63, 3.8) is 0 Å². The molecular weight excluding hydrogens is 336 g/mol. The number of nitrogens with zero attached hydrogens (tertiary/aromatic N) is 1. The van der Waals surface area contributed by atoms with Gasteiger partial charge in [0.15, 0.2) is 0 Å². The van der Waals surface area contributed by atoms with E-state index in [1.165, 1.54) is 11.3 Å². The Kier molecular flexibility index (Phi) is 4.82. The Labute approximate surface area is 120 Å². The smallest absolute Gasteiger partial charge is 0.253 e. The molecule has 2 heterocycles. The average molecular weight is 353 g/mol. The van der Waals surface area contributed by atoms with Crippen LogP contribution >= 0.6 is 27.3 Å². The number of hydrogen-bond donors (Lipinski definition) is 1. The minimum atomic E-state index is -3.31. The molecule has 1 aromatic heterocycles. The SMILES string of the molecule is NCCC1CCN(S(=O)(=O)c2sccc2Br)CC1. The molecule has 0 amide bonds. The van der Waals surface area contributed by atoms with Crippen LogP contribution in [0.1, 0.15) is 19.3 Å². The van der Waals surface area contributed by atoms with Crippen LogP contribution in [-0.4, -0.2) is 32.4 Å². The number of rotatable bonds is 4. The normalized spacial score (nSPS) is 19.2. The lowest BCUT2D eigenvalue weighted by Crippen LogP contribution is -2.38. The summed E-state index contributed by atoms with van der Waals surface area (Å²) in [7, 11) is -3.31. The van der Waals surface area contributed by atoms with Gasteiger partial charge in [0, 0.05) is 17.6 Å². The highest BCUT2D eigenvalue weighted by molar-refractivity contribution is 9.10. The fraction of sp³-hybridized carbons (Fsp3) is 0.636. The second-order valence-electron chi connectivity index (χ2n) is 4.48. The summed E-state index contributed by atoms with van der Waals surface area (Å²) in [5.41, 5.74) is 5.54. The number of piperidine rings is 1. The van der Waals surface area contributed by atoms with Crippen molar-refractivity contribution in [1.29, 1.82) is 0 Å². The molecule has 1 saturated heterocycles. The molecule has 0 saturated carbocycles. The highest BCUT2D eigenvalue weighted by Crippen LogP contribution is 2.32. The third-order valence-electron chi connectivity index (χ3n) is 3.31. The van der Waals surface area contributed by atoms with E-state index >= 15 is 0 Å². The van der Waals surface area contributed by atoms with Gasteiger partial charge in [-0.2, -0.15) is 4.31 Å². The molecule has 7 heteroatoms. The van der Waals surface area contributed by atoms with Crippen LogP contribution in [0.25, 0.3) is 0 Å². The fourth-order valence-electron chi connectivity index (χ4n) is 2.26. The van der Waals surface area contributed by atoms with Gasteiger partial charge in [0.25, 0.3) is 10.0 Å². The molecule has 0 atom stereocenters. The van der Waals surface area contributed by atoms with Crippen molar-refractivity contribution in [2.24, 2.45) is 11.7 Å². The van der Waals surface area contributed by atoms with Gasteiger partial charge in [-0.15, -0.1) is 11.3 Å². The van der Waals surface area contributed by atoms with Crippen LogP contribution in [0.15, 0.2) is 20.1 Å². The molecule has 0 spiro atoms. The van der Waals surface area contributed by atoms with Gasteiger partial charge in [0.1, 0.15) is 4.21 Å². The molecule has 102 valence electrons. The predicted octanol–water partition coefficient (Wildman–Crippen LogP) is 2.26. The molecule has 0 radical (unpaired) electrons. The minimum absolute atomic E-state index is 0.416. The maximum absolute atomic E-state index is 12.4. The van der Waals surface area contributed by atoms with Crippen LogP contribution < -0.4 is 5.73 Å². The third kappa shape index (κ3) is 2.96. The first-order chi connectivity index (χ1) is 8.55. The van der Waals surface area contributed by atoms with Crippen molar-refractivity contribution in [3.05, 3.63) is 15.9 Å². The standard InChI is InChI=1S/C11H17BrN2O2S2/c12-10-4-8-17-11(10)18(15,16)14-6-2-9(1-5-13)3-7-14/h4,8-9H,1-3,5-7,13H2. The molecule has 2 N–H and O–H groups in total. The van der Waals surface area contributed by atoms with E-state index in [1.807, 2.05) is 0 Å². The second kappa shape index (κ2) is 6.00. The summed E-state index contributed by atoms with van der Waals surface area (Å²) >= 11 is 4.56. The van der Waals surface area contributed by atoms with E-state index in [-0.39, 0.29) is 0 Å². The van der Waals surface area contributed by atoms with Gasteiger partial charge in [-0.3, -0.25) is 0 Å². The van der Waals surface area contributed by atoms with Crippen molar-refractivity contribution >= 4 is 37.3 Å². The van der Waals surface area contributed by atoms with Crippen molar-refractivity contribution < 1.29 is 8.42 Å². The molecule has 0 aliphatic carbocycles. The van der Waals surface area contributed by atoms with E-state index < -0.39 is 10.0 Å². The van der Waals surface area contributed by atoms with Crippen LogP contribution in [-0.2, 0) is 10.0 Å². The summed E-state index contributed by atoms with van der Waals surface area (Å²) < 4.78 is 27.5. The Morgan fingerprint density at radius 3 is 2.61 bits per heavy atom. The van der Waals surface area contributed by atoms with E-state index in [2.05, 4.69) is 15.9 Å². The first-order valence-corrected chi connectivity index (χ1v) is 9.10. The van der Waals surface area contributed by atoms with Crippen molar-refractivity contribution in [3.8, 4) is 0 Å². The molecule has 1 aromatic rings. The Bertz CT molecular complexity index is 493. The van der Waals surface area contributed by atoms with Crippen LogP contribution in [0.3, 0.4) is 0 Å². The number of hydrogen-bond acceptors (Lipinski definition) is 4. The van der Waals surface area contributed by atoms with E-state index in [1.54, 1.807) is 15.8 Å². The molecular formula is C11H17BrN2O2S2. The average Bonchev–Trinajstić information content (AvgIpc) is 2.77. The summed E-state index contributed by atoms with van der Waals surface area (Å²) in [4.78, 5) is 0. The van der Waals surface area contributed by atoms with E-state index in [0.717, 1.165) is 19.3 Å². The molecule has 2 rings (SSSR count). The largest absolute Gasteiger partial charge is 0.330 e. The molecule has 0 bridgehead atoms. The van der Waals surface area contributed by atoms with Gasteiger partial charge in [-0.1, -0.05) is 0 Å². The van der Waals surface area contributed by atoms with Gasteiger partial charge in [0.05, 0.1) is 0 Å². The lowest BCUT2D eigenvalue weighted by atomic mass is 9.95. The number of thiophene rings is 1. The van der Waals surface area contributed by atoms with Crippen molar-refractivity contribution in [2.75, 3.05) is 19.6 Å². The molecule has 4 nitrogen and oxygen atoms in total. The van der Waals surface area contributed by atoms with E-state index in [9.17, 15) is 8.42 Å². The monoisotopic (exact) mass is 352 g/mol. The molecule has 0 aromatic carbocycles. The molecule has 1 aliphatic rings. The quantitative estimate of drug-likeness (QED) is 0.903. The summed E-state index contributed by atoms with van der Waals surface area (Å²) in [6.07, 6.45) is 2.83. The summed E-state index contributed by atoms with van der Waals surface area (Å²) in [6, 6.07) is 1.78. The molecule has 0 unspecified atom stereocenters. The second-order valence-corrected chi connectivity index (χ2v) is 8.38. The molecule has 1 aliphatic heterocycles. The van der Waals surface area contributed by atoms with E-state index in [0.29, 0.717) is 34.2 Å². The maximum atomic E-state index is 12.4. The highest BCUT2D eigenvalue weighted by Gasteiger charge is 2.31. The summed E-state index contributed by atoms with van der Waals surface area (Å²) in [6.45, 7) is 1.91. The fourth-order valence-corrected chi connectivity index (χ4v) is 6.17. The van der Waals surface area contributed by atoms with Crippen LogP contribution in [0.5, 0.6) is 0 Å². The Morgan fingerprint density at radius 1 is 1.44 bits per heavy atom. The first-order valence-electron chi connectivity index (χ1n) is 5.99. The minimum Gasteiger partial charge on any atom is -0.330 e. The Morgan fingerprint density at radius 2 is 2.11 bits per heavy atom. The highest BCUT2D eigenvalue weighted by atomic mass is 79.9. The third-order valence-corrected chi connectivity index (χ3v) is 7.85. The van der Waals surface area contributed by atoms with Gasteiger partial charge in [-0.05, 0) is 59.1 Å². The Hall–Kier alpha value is 0.0500. The van der Waals surface area contributed by atoms with Crippen LogP contribution in [0.4, 0.5) is 0 Å². The Balaban J connectivity index is 2.08. The van der Waals surface area contributed by atoms with Gasteiger partial charge < -0.3 is 5.73 Å². The van der Waals surface area contributed by atoms with Gasteiger partial charge in [0.2, 0.25) is 0 Å². The van der Waals surface area contributed by atoms with E-state index in [4.69, 9.17) is 5.73 Å². The summed E-state index contributed by atoms with van der Waals surface area (Å²) in [5.74, 6) is 0.577. The van der Waals surface area contributed by atoms with Crippen molar-refractivity contribution in [1.82, 2.24) is 4.31 Å². The maximum Gasteiger partial charge on any atom is 0.253 e. The number of halogens is 1. The zero-order valence-corrected chi connectivity index (χ0v) is 13.2. The molecule has 1 fully saturated rings. The lowest BCUT2D eigenvalue weighted by molar-refractivity contribution is 0.266. The first kappa shape index (κ1) is 14.5. The van der Waals surface area contributed by atoms with Gasteiger partial charge in [-0.25, -0.2) is 8.42 Å².